The smallest absolute Gasteiger partial charge is 0.250 e. The van der Waals surface area contributed by atoms with E-state index in [2.05, 4.69) is 10.6 Å². The lowest BCUT2D eigenvalue weighted by molar-refractivity contribution is -0.145. The third-order valence-corrected chi connectivity index (χ3v) is 6.99. The lowest BCUT2D eigenvalue weighted by Crippen LogP contribution is -2.54. The van der Waals surface area contributed by atoms with Crippen molar-refractivity contribution in [1.82, 2.24) is 10.2 Å². The quantitative estimate of drug-likeness (QED) is 0.769. The highest BCUT2D eigenvalue weighted by Crippen LogP contribution is 2.53. The Hall–Kier alpha value is -2.99. The molecule has 5 atom stereocenters. The summed E-state index contributed by atoms with van der Waals surface area (Å²) in [4.78, 5) is 41.8. The Morgan fingerprint density at radius 1 is 1.00 bits per heavy atom. The molecule has 6 heteroatoms. The number of rotatable bonds is 4. The highest BCUT2D eigenvalue weighted by atomic mass is 16.2. The molecule has 3 amide bonds. The Morgan fingerprint density at radius 3 is 2.43 bits per heavy atom. The van der Waals surface area contributed by atoms with Gasteiger partial charge in [-0.2, -0.15) is 0 Å². The zero-order chi connectivity index (χ0) is 21.0. The van der Waals surface area contributed by atoms with Crippen LogP contribution in [0.15, 0.2) is 54.6 Å². The van der Waals surface area contributed by atoms with E-state index >= 15 is 0 Å². The van der Waals surface area contributed by atoms with Crippen LogP contribution in [-0.2, 0) is 26.3 Å². The van der Waals surface area contributed by atoms with Crippen molar-refractivity contribution in [3.8, 4) is 0 Å². The van der Waals surface area contributed by atoms with Crippen molar-refractivity contribution in [1.29, 1.82) is 0 Å². The Kier molecular flexibility index (Phi) is 4.29. The van der Waals surface area contributed by atoms with Gasteiger partial charge in [0.2, 0.25) is 17.7 Å². The van der Waals surface area contributed by atoms with Crippen molar-refractivity contribution in [3.05, 3.63) is 65.7 Å². The van der Waals surface area contributed by atoms with E-state index < -0.39 is 17.4 Å². The van der Waals surface area contributed by atoms with Gasteiger partial charge in [0.05, 0.1) is 11.8 Å². The van der Waals surface area contributed by atoms with Crippen molar-refractivity contribution in [2.75, 3.05) is 5.32 Å². The highest BCUT2D eigenvalue weighted by molar-refractivity contribution is 6.15. The number of hydrogen-bond acceptors (Lipinski definition) is 4. The minimum atomic E-state index is -1.21. The fourth-order valence-electron chi connectivity index (χ4n) is 5.44. The van der Waals surface area contributed by atoms with Gasteiger partial charge in [-0.1, -0.05) is 55.5 Å². The lowest BCUT2D eigenvalue weighted by Gasteiger charge is -2.31. The van der Waals surface area contributed by atoms with E-state index in [1.807, 2.05) is 68.4 Å². The van der Waals surface area contributed by atoms with Crippen LogP contribution in [0.3, 0.4) is 0 Å². The number of benzene rings is 2. The summed E-state index contributed by atoms with van der Waals surface area (Å²) in [7, 11) is 0. The predicted molar refractivity (Wildman–Crippen MR) is 112 cm³/mol. The molecule has 2 saturated heterocycles. The summed E-state index contributed by atoms with van der Waals surface area (Å²) in [5, 5.41) is 6.42. The van der Waals surface area contributed by atoms with Crippen LogP contribution < -0.4 is 10.6 Å². The van der Waals surface area contributed by atoms with Gasteiger partial charge in [0.25, 0.3) is 0 Å². The van der Waals surface area contributed by atoms with Gasteiger partial charge in [-0.05, 0) is 31.4 Å². The van der Waals surface area contributed by atoms with Crippen LogP contribution in [0, 0.1) is 11.8 Å². The molecule has 0 aliphatic carbocycles. The summed E-state index contributed by atoms with van der Waals surface area (Å²) in [6.07, 6.45) is 1.26. The number of carbonyl (C=O) groups is 3. The highest BCUT2D eigenvalue weighted by Gasteiger charge is 2.70. The van der Waals surface area contributed by atoms with Gasteiger partial charge in [0, 0.05) is 23.3 Å². The average molecular weight is 403 g/mol. The van der Waals surface area contributed by atoms with Gasteiger partial charge in [0.1, 0.15) is 5.54 Å². The van der Waals surface area contributed by atoms with Gasteiger partial charge < -0.3 is 5.32 Å². The summed E-state index contributed by atoms with van der Waals surface area (Å²) < 4.78 is 0. The van der Waals surface area contributed by atoms with Crippen LogP contribution >= 0.6 is 0 Å². The number of fused-ring (bicyclic) bond motifs is 4. The molecule has 2 aromatic rings. The number of anilines is 1. The van der Waals surface area contributed by atoms with E-state index in [1.165, 1.54) is 4.90 Å². The van der Waals surface area contributed by atoms with Crippen molar-refractivity contribution in [2.45, 2.75) is 44.3 Å². The molecule has 0 bridgehead atoms. The van der Waals surface area contributed by atoms with Crippen molar-refractivity contribution >= 4 is 23.4 Å². The molecule has 2 fully saturated rings. The molecule has 3 aliphatic heterocycles. The number of nitrogens with zero attached hydrogens (tertiary/aromatic N) is 1. The van der Waals surface area contributed by atoms with Gasteiger partial charge in [-0.3, -0.25) is 24.6 Å². The van der Waals surface area contributed by atoms with E-state index in [0.717, 1.165) is 11.1 Å². The zero-order valence-corrected chi connectivity index (χ0v) is 17.1. The summed E-state index contributed by atoms with van der Waals surface area (Å²) >= 11 is 0. The molecule has 6 nitrogen and oxygen atoms in total. The van der Waals surface area contributed by atoms with Gasteiger partial charge in [-0.25, -0.2) is 0 Å². The molecule has 1 spiro atoms. The molecule has 3 heterocycles. The third-order valence-electron chi connectivity index (χ3n) is 6.99. The molecule has 2 N–H and O–H groups in total. The monoisotopic (exact) mass is 403 g/mol. The maximum absolute atomic E-state index is 13.6. The molecule has 30 heavy (non-hydrogen) atoms. The largest absolute Gasteiger partial charge is 0.324 e. The number of likely N-dealkylation sites (tertiary alicyclic amines) is 1. The van der Waals surface area contributed by atoms with E-state index in [0.29, 0.717) is 18.5 Å². The minimum absolute atomic E-state index is 0.165. The third kappa shape index (κ3) is 2.43. The van der Waals surface area contributed by atoms with Crippen LogP contribution in [0.25, 0.3) is 0 Å². The fraction of sp³-hybridized carbons (Fsp3) is 0.375. The summed E-state index contributed by atoms with van der Waals surface area (Å²) in [5.41, 5.74) is 1.32. The molecule has 0 saturated carbocycles. The lowest BCUT2D eigenvalue weighted by atomic mass is 9.76. The molecule has 154 valence electrons. The van der Waals surface area contributed by atoms with E-state index in [-0.39, 0.29) is 29.8 Å². The molecule has 0 aromatic heterocycles. The van der Waals surface area contributed by atoms with Gasteiger partial charge in [-0.15, -0.1) is 0 Å². The predicted octanol–water partition coefficient (Wildman–Crippen LogP) is 2.45. The summed E-state index contributed by atoms with van der Waals surface area (Å²) in [6, 6.07) is 16.9. The molecule has 2 aromatic carbocycles. The first-order chi connectivity index (χ1) is 14.5. The normalized spacial score (nSPS) is 30.5. The number of para-hydroxylation sites is 1. The zero-order valence-electron chi connectivity index (χ0n) is 17.1. The first-order valence-electron chi connectivity index (χ1n) is 10.6. The Morgan fingerprint density at radius 2 is 1.70 bits per heavy atom. The number of carbonyl (C=O) groups excluding carboxylic acids is 3. The summed E-state index contributed by atoms with van der Waals surface area (Å²) in [5.74, 6) is -1.96. The number of amides is 3. The second kappa shape index (κ2) is 6.77. The Labute approximate surface area is 175 Å². The van der Waals surface area contributed by atoms with Crippen molar-refractivity contribution < 1.29 is 14.4 Å². The van der Waals surface area contributed by atoms with Crippen LogP contribution in [0.5, 0.6) is 0 Å². The number of nitrogens with one attached hydrogen (secondary N) is 2. The molecule has 0 unspecified atom stereocenters. The van der Waals surface area contributed by atoms with E-state index in [9.17, 15) is 14.4 Å². The second-order valence-electron chi connectivity index (χ2n) is 8.56. The standard InChI is InChI=1S/C24H25N3O3/c1-3-14(2)27-21(28)19-18(13-15-9-5-4-6-10-15)26-24(20(19)22(27)29)16-11-7-8-12-17(16)25-23(24)30/h4-12,14,18-20,26H,3,13H2,1-2H3,(H,25,30)/t14-,18-,19-,20+,24-/m1/s1. The van der Waals surface area contributed by atoms with Gasteiger partial charge >= 0.3 is 0 Å². The molecular formula is C24H25N3O3. The molecule has 5 rings (SSSR count). The van der Waals surface area contributed by atoms with E-state index in [4.69, 9.17) is 0 Å². The Bertz CT molecular complexity index is 1040. The van der Waals surface area contributed by atoms with Gasteiger partial charge in [0.15, 0.2) is 0 Å². The number of imide groups is 1. The molecule has 0 radical (unpaired) electrons. The van der Waals surface area contributed by atoms with Crippen LogP contribution in [0.1, 0.15) is 31.4 Å². The molecule has 3 aliphatic rings. The Balaban J connectivity index is 1.64. The number of hydrogen-bond donors (Lipinski definition) is 2. The van der Waals surface area contributed by atoms with E-state index in [1.54, 1.807) is 0 Å². The molecular weight excluding hydrogens is 378 g/mol. The first-order valence-corrected chi connectivity index (χ1v) is 10.6. The topological polar surface area (TPSA) is 78.5 Å². The minimum Gasteiger partial charge on any atom is -0.324 e. The van der Waals surface area contributed by atoms with Crippen LogP contribution in [-0.4, -0.2) is 34.7 Å². The van der Waals surface area contributed by atoms with Crippen LogP contribution in [0.2, 0.25) is 0 Å². The second-order valence-corrected chi connectivity index (χ2v) is 8.56. The van der Waals surface area contributed by atoms with Crippen molar-refractivity contribution in [2.24, 2.45) is 11.8 Å². The summed E-state index contributed by atoms with van der Waals surface area (Å²) in [6.45, 7) is 3.86. The average Bonchev–Trinajstić information content (AvgIpc) is 3.33. The maximum Gasteiger partial charge on any atom is 0.250 e. The first kappa shape index (κ1) is 19.0. The maximum atomic E-state index is 13.6. The van der Waals surface area contributed by atoms with Crippen LogP contribution in [0.4, 0.5) is 5.69 Å². The van der Waals surface area contributed by atoms with Crippen molar-refractivity contribution in [3.63, 3.8) is 0 Å². The SMILES string of the molecule is CC[C@@H](C)N1C(=O)[C@H]2[C@@H](C1=O)[C@@]1(N[C@@H]2Cc2ccccc2)C(=O)Nc2ccccc21. The fourth-order valence-corrected chi connectivity index (χ4v) is 5.44.